The lowest BCUT2D eigenvalue weighted by atomic mass is 9.99. The van der Waals surface area contributed by atoms with Crippen LogP contribution in [0.4, 0.5) is 0 Å². The van der Waals surface area contributed by atoms with Gasteiger partial charge in [0.25, 0.3) is 11.5 Å². The van der Waals surface area contributed by atoms with Gasteiger partial charge in [0.1, 0.15) is 0 Å². The van der Waals surface area contributed by atoms with Crippen LogP contribution >= 0.6 is 0 Å². The normalized spacial score (nSPS) is 11.0. The molecule has 0 spiro atoms. The second-order valence-corrected chi connectivity index (χ2v) is 8.88. The second-order valence-electron chi connectivity index (χ2n) is 8.88. The van der Waals surface area contributed by atoms with E-state index >= 15 is 0 Å². The summed E-state index contributed by atoms with van der Waals surface area (Å²) < 4.78 is 6.71. The minimum absolute atomic E-state index is 0.0289. The average molecular weight is 498 g/mol. The molecule has 1 amide bonds. The predicted molar refractivity (Wildman–Crippen MR) is 143 cm³/mol. The molecule has 7 nitrogen and oxygen atoms in total. The van der Waals surface area contributed by atoms with Gasteiger partial charge in [-0.15, -0.1) is 0 Å². The monoisotopic (exact) mass is 497 g/mol. The zero-order valence-corrected chi connectivity index (χ0v) is 20.9. The molecular formula is C30H31N3O4. The number of hydrogen-bond acceptors (Lipinski definition) is 5. The van der Waals surface area contributed by atoms with E-state index < -0.39 is 24.5 Å². The first kappa shape index (κ1) is 25.8. The number of carbonyl (C=O) groups excluding carboxylic acids is 2. The maximum atomic E-state index is 13.0. The number of benzene rings is 3. The summed E-state index contributed by atoms with van der Waals surface area (Å²) in [5.74, 6) is -1.19. The quantitative estimate of drug-likeness (QED) is 0.232. The molecule has 0 radical (unpaired) electrons. The molecule has 1 N–H and O–H groups in total. The van der Waals surface area contributed by atoms with Gasteiger partial charge in [-0.25, -0.2) is 9.48 Å². The Morgan fingerprint density at radius 1 is 0.838 bits per heavy atom. The number of unbranched alkanes of at least 4 members (excludes halogenated alkanes) is 3. The molecule has 0 atom stereocenters. The smallest absolute Gasteiger partial charge is 0.359 e. The molecule has 1 heterocycles. The molecule has 0 saturated heterocycles. The van der Waals surface area contributed by atoms with Crippen molar-refractivity contribution < 1.29 is 14.3 Å². The number of aromatic nitrogens is 2. The lowest BCUT2D eigenvalue weighted by Crippen LogP contribution is -2.33. The average Bonchev–Trinajstić information content (AvgIpc) is 2.95. The summed E-state index contributed by atoms with van der Waals surface area (Å²) in [7, 11) is 0. The Morgan fingerprint density at radius 3 is 2.05 bits per heavy atom. The van der Waals surface area contributed by atoms with Crippen molar-refractivity contribution in [1.29, 1.82) is 0 Å². The van der Waals surface area contributed by atoms with E-state index in [0.29, 0.717) is 17.3 Å². The number of nitrogens with one attached hydrogen (secondary N) is 1. The first-order valence-corrected chi connectivity index (χ1v) is 12.6. The van der Waals surface area contributed by atoms with Crippen molar-refractivity contribution in [3.63, 3.8) is 0 Å². The fourth-order valence-electron chi connectivity index (χ4n) is 4.28. The van der Waals surface area contributed by atoms with Crippen LogP contribution in [0.25, 0.3) is 10.8 Å². The van der Waals surface area contributed by atoms with Gasteiger partial charge >= 0.3 is 5.97 Å². The number of aryl methyl sites for hydroxylation is 1. The van der Waals surface area contributed by atoms with E-state index in [1.54, 1.807) is 24.3 Å². The van der Waals surface area contributed by atoms with Crippen LogP contribution in [0.15, 0.2) is 89.7 Å². The molecule has 0 unspecified atom stereocenters. The Morgan fingerprint density at radius 2 is 1.43 bits per heavy atom. The molecule has 0 aliphatic heterocycles. The fourth-order valence-corrected chi connectivity index (χ4v) is 4.28. The number of esters is 1. The number of rotatable bonds is 11. The summed E-state index contributed by atoms with van der Waals surface area (Å²) in [4.78, 5) is 38.8. The number of ether oxygens (including phenoxy) is 1. The van der Waals surface area contributed by atoms with Gasteiger partial charge in [-0.05, 0) is 23.6 Å². The topological polar surface area (TPSA) is 90.3 Å². The SMILES string of the molecule is CCCCCCn1nc(C(=O)OCC(=O)NC(c2ccccc2)c2ccccc2)c2ccccc2c1=O. The highest BCUT2D eigenvalue weighted by Gasteiger charge is 2.21. The first-order valence-electron chi connectivity index (χ1n) is 12.6. The van der Waals surface area contributed by atoms with Gasteiger partial charge in [-0.2, -0.15) is 5.10 Å². The zero-order valence-electron chi connectivity index (χ0n) is 20.9. The third-order valence-corrected chi connectivity index (χ3v) is 6.19. The van der Waals surface area contributed by atoms with Crippen LogP contribution in [0, 0.1) is 0 Å². The van der Waals surface area contributed by atoms with E-state index in [4.69, 9.17) is 4.74 Å². The molecule has 0 saturated carbocycles. The van der Waals surface area contributed by atoms with Gasteiger partial charge in [0, 0.05) is 11.9 Å². The highest BCUT2D eigenvalue weighted by atomic mass is 16.5. The molecule has 0 aliphatic carbocycles. The van der Waals surface area contributed by atoms with Crippen LogP contribution < -0.4 is 10.9 Å². The Labute approximate surface area is 216 Å². The van der Waals surface area contributed by atoms with Crippen molar-refractivity contribution in [3.05, 3.63) is 112 Å². The Kier molecular flexibility index (Phi) is 8.81. The third kappa shape index (κ3) is 6.50. The highest BCUT2D eigenvalue weighted by Crippen LogP contribution is 2.22. The molecule has 0 aliphatic rings. The number of carbonyl (C=O) groups is 2. The minimum Gasteiger partial charge on any atom is -0.451 e. The van der Waals surface area contributed by atoms with Gasteiger partial charge in [-0.3, -0.25) is 9.59 Å². The number of fused-ring (bicyclic) bond motifs is 1. The lowest BCUT2D eigenvalue weighted by Gasteiger charge is -2.20. The molecule has 0 bridgehead atoms. The van der Waals surface area contributed by atoms with Crippen LogP contribution in [0.1, 0.15) is 60.3 Å². The summed E-state index contributed by atoms with van der Waals surface area (Å²) in [5, 5.41) is 8.10. The van der Waals surface area contributed by atoms with Crippen molar-refractivity contribution in [2.45, 2.75) is 45.2 Å². The van der Waals surface area contributed by atoms with Crippen molar-refractivity contribution in [3.8, 4) is 0 Å². The summed E-state index contributed by atoms with van der Waals surface area (Å²) in [6.07, 6.45) is 3.91. The molecule has 3 aromatic carbocycles. The Bertz CT molecular complexity index is 1360. The molecular weight excluding hydrogens is 466 g/mol. The Hall–Kier alpha value is -4.26. The summed E-state index contributed by atoms with van der Waals surface area (Å²) in [5.41, 5.74) is 1.61. The summed E-state index contributed by atoms with van der Waals surface area (Å²) >= 11 is 0. The highest BCUT2D eigenvalue weighted by molar-refractivity contribution is 6.02. The minimum atomic E-state index is -0.746. The van der Waals surface area contributed by atoms with Crippen molar-refractivity contribution in [2.24, 2.45) is 0 Å². The van der Waals surface area contributed by atoms with Crippen LogP contribution in [0.3, 0.4) is 0 Å². The predicted octanol–water partition coefficient (Wildman–Crippen LogP) is 5.04. The maximum absolute atomic E-state index is 13.0. The van der Waals surface area contributed by atoms with Gasteiger partial charge in [0.2, 0.25) is 0 Å². The summed E-state index contributed by atoms with van der Waals surface area (Å²) in [6, 6.07) is 25.6. The standard InChI is InChI=1S/C30H31N3O4/c1-2-3-4-13-20-33-29(35)25-19-12-11-18-24(25)28(32-33)30(36)37-21-26(34)31-27(22-14-7-5-8-15-22)23-16-9-6-10-17-23/h5-12,14-19,27H,2-4,13,20-21H2,1H3,(H,31,34). The van der Waals surface area contributed by atoms with Gasteiger partial charge in [0.05, 0.1) is 11.4 Å². The number of nitrogens with zero attached hydrogens (tertiary/aromatic N) is 2. The van der Waals surface area contributed by atoms with Crippen LogP contribution in [-0.2, 0) is 16.1 Å². The number of hydrogen-bond donors (Lipinski definition) is 1. The fraction of sp³-hybridized carbons (Fsp3) is 0.267. The van der Waals surface area contributed by atoms with E-state index in [1.165, 1.54) is 4.68 Å². The van der Waals surface area contributed by atoms with Gasteiger partial charge in [0.15, 0.2) is 12.3 Å². The molecule has 0 fully saturated rings. The van der Waals surface area contributed by atoms with E-state index in [9.17, 15) is 14.4 Å². The lowest BCUT2D eigenvalue weighted by molar-refractivity contribution is -0.124. The molecule has 7 heteroatoms. The molecule has 1 aromatic heterocycles. The molecule has 37 heavy (non-hydrogen) atoms. The van der Waals surface area contributed by atoms with Gasteiger partial charge < -0.3 is 10.1 Å². The zero-order chi connectivity index (χ0) is 26.0. The van der Waals surface area contributed by atoms with E-state index in [2.05, 4.69) is 17.3 Å². The first-order chi connectivity index (χ1) is 18.1. The largest absolute Gasteiger partial charge is 0.451 e. The molecule has 4 aromatic rings. The van der Waals surface area contributed by atoms with Crippen molar-refractivity contribution >= 4 is 22.6 Å². The van der Waals surface area contributed by atoms with Crippen LogP contribution in [-0.4, -0.2) is 28.3 Å². The van der Waals surface area contributed by atoms with Gasteiger partial charge in [-0.1, -0.05) is 105 Å². The van der Waals surface area contributed by atoms with Crippen LogP contribution in [0.5, 0.6) is 0 Å². The van der Waals surface area contributed by atoms with Crippen molar-refractivity contribution in [1.82, 2.24) is 15.1 Å². The van der Waals surface area contributed by atoms with Crippen LogP contribution in [0.2, 0.25) is 0 Å². The van der Waals surface area contributed by atoms with E-state index in [0.717, 1.165) is 36.8 Å². The third-order valence-electron chi connectivity index (χ3n) is 6.19. The molecule has 190 valence electrons. The Balaban J connectivity index is 1.50. The second kappa shape index (κ2) is 12.6. The van der Waals surface area contributed by atoms with E-state index in [1.807, 2.05) is 60.7 Å². The van der Waals surface area contributed by atoms with E-state index in [-0.39, 0.29) is 11.3 Å². The maximum Gasteiger partial charge on any atom is 0.359 e. The molecule has 4 rings (SSSR count). The van der Waals surface area contributed by atoms with Crippen molar-refractivity contribution in [2.75, 3.05) is 6.61 Å². The number of amides is 1. The summed E-state index contributed by atoms with van der Waals surface area (Å²) in [6.45, 7) is 2.06.